The van der Waals surface area contributed by atoms with E-state index in [0.717, 1.165) is 48.5 Å². The molecule has 0 bridgehead atoms. The van der Waals surface area contributed by atoms with E-state index in [1.807, 2.05) is 31.2 Å². The van der Waals surface area contributed by atoms with Crippen molar-refractivity contribution in [3.05, 3.63) is 35.0 Å². The molecule has 0 spiro atoms. The highest BCUT2D eigenvalue weighted by Gasteiger charge is 2.21. The van der Waals surface area contributed by atoms with Crippen molar-refractivity contribution < 1.29 is 14.3 Å². The Labute approximate surface area is 244 Å². The predicted octanol–water partition coefficient (Wildman–Crippen LogP) is 8.40. The lowest BCUT2D eigenvalue weighted by Crippen LogP contribution is -2.21. The molecule has 2 heterocycles. The largest absolute Gasteiger partial charge is 0.438 e. The van der Waals surface area contributed by atoms with Gasteiger partial charge in [0.15, 0.2) is 18.3 Å². The number of aryl methyl sites for hydroxylation is 1. The van der Waals surface area contributed by atoms with E-state index in [4.69, 9.17) is 21.1 Å². The van der Waals surface area contributed by atoms with Gasteiger partial charge in [-0.05, 0) is 62.3 Å². The number of rotatable bonds is 19. The van der Waals surface area contributed by atoms with E-state index in [1.165, 1.54) is 38.5 Å². The van der Waals surface area contributed by atoms with Crippen molar-refractivity contribution >= 4 is 28.9 Å². The van der Waals surface area contributed by atoms with Gasteiger partial charge in [-0.2, -0.15) is 4.63 Å². The molecule has 8 nitrogen and oxygen atoms in total. The van der Waals surface area contributed by atoms with Gasteiger partial charge in [0, 0.05) is 11.3 Å². The number of carbonyl (C=O) groups excluding carboxylic acids is 1. The molecule has 0 radical (unpaired) electrons. The number of fused-ring (bicyclic) bond motifs is 1. The maximum absolute atomic E-state index is 12.9. The summed E-state index contributed by atoms with van der Waals surface area (Å²) >= 11 is 6.27. The number of H-pyrrole nitrogens is 1. The van der Waals surface area contributed by atoms with Crippen LogP contribution in [0.1, 0.15) is 97.6 Å². The van der Waals surface area contributed by atoms with Crippen LogP contribution in [0, 0.1) is 24.7 Å². The summed E-state index contributed by atoms with van der Waals surface area (Å²) < 4.78 is 12.7. The maximum Gasteiger partial charge on any atom is 0.311 e. The molecule has 3 rings (SSSR count). The highest BCUT2D eigenvalue weighted by Crippen LogP contribution is 2.25. The minimum Gasteiger partial charge on any atom is -0.438 e. The molecule has 1 aromatic carbocycles. The van der Waals surface area contributed by atoms with E-state index >= 15 is 0 Å². The van der Waals surface area contributed by atoms with Crippen LogP contribution in [-0.2, 0) is 14.3 Å². The van der Waals surface area contributed by atoms with Crippen molar-refractivity contribution in [1.82, 2.24) is 19.8 Å². The molecule has 0 aliphatic rings. The van der Waals surface area contributed by atoms with Gasteiger partial charge in [0.1, 0.15) is 11.8 Å². The topological polar surface area (TPSA) is 93.5 Å². The van der Waals surface area contributed by atoms with Gasteiger partial charge < -0.3 is 14.8 Å². The second-order valence-electron chi connectivity index (χ2n) is 11.3. The number of nitrogens with one attached hydrogen (secondary N) is 2. The van der Waals surface area contributed by atoms with Crippen molar-refractivity contribution in [2.75, 3.05) is 18.8 Å². The molecule has 9 heteroatoms. The zero-order chi connectivity index (χ0) is 28.9. The SMILES string of the molecule is CCCC(C)CCCCC(CCC(C)CCC)C(=O)OCOCNc1ccc(-c2nc3c(Cl)c(C)[nH]n3n2)cc1. The average molecular weight is 574 g/mol. The Bertz CT molecular complexity index is 1160. The lowest BCUT2D eigenvalue weighted by atomic mass is 9.90. The molecule has 0 aliphatic heterocycles. The van der Waals surface area contributed by atoms with Crippen LogP contribution >= 0.6 is 11.6 Å². The van der Waals surface area contributed by atoms with E-state index in [1.54, 1.807) is 4.63 Å². The number of halogens is 1. The van der Waals surface area contributed by atoms with Crippen LogP contribution in [0.4, 0.5) is 5.69 Å². The molecule has 222 valence electrons. The molecule has 0 saturated heterocycles. The quantitative estimate of drug-likeness (QED) is 0.0849. The first-order valence-corrected chi connectivity index (χ1v) is 15.4. The first-order valence-electron chi connectivity index (χ1n) is 15.0. The van der Waals surface area contributed by atoms with E-state index in [0.29, 0.717) is 22.4 Å². The van der Waals surface area contributed by atoms with E-state index in [2.05, 4.69) is 48.2 Å². The lowest BCUT2D eigenvalue weighted by Gasteiger charge is -2.19. The zero-order valence-electron chi connectivity index (χ0n) is 25.0. The Balaban J connectivity index is 1.40. The molecule has 40 heavy (non-hydrogen) atoms. The molecule has 0 amide bonds. The van der Waals surface area contributed by atoms with Crippen LogP contribution in [-0.4, -0.2) is 39.3 Å². The van der Waals surface area contributed by atoms with Crippen LogP contribution in [0.2, 0.25) is 5.02 Å². The highest BCUT2D eigenvalue weighted by atomic mass is 35.5. The monoisotopic (exact) mass is 573 g/mol. The zero-order valence-corrected chi connectivity index (χ0v) is 25.7. The number of anilines is 1. The number of aromatic nitrogens is 4. The molecule has 3 unspecified atom stereocenters. The van der Waals surface area contributed by atoms with Gasteiger partial charge in [0.05, 0.1) is 11.6 Å². The molecular formula is C31H48ClN5O3. The number of benzene rings is 1. The fourth-order valence-corrected chi connectivity index (χ4v) is 5.35. The van der Waals surface area contributed by atoms with Gasteiger partial charge in [0.2, 0.25) is 0 Å². The molecule has 2 N–H and O–H groups in total. The number of ether oxygens (including phenoxy) is 2. The van der Waals surface area contributed by atoms with Gasteiger partial charge in [-0.25, -0.2) is 4.98 Å². The van der Waals surface area contributed by atoms with Crippen LogP contribution in [0.5, 0.6) is 0 Å². The minimum absolute atomic E-state index is 0.0488. The Morgan fingerprint density at radius 2 is 1.68 bits per heavy atom. The number of aromatic amines is 1. The number of carbonyl (C=O) groups is 1. The van der Waals surface area contributed by atoms with Crippen molar-refractivity contribution in [2.24, 2.45) is 17.8 Å². The third-order valence-corrected chi connectivity index (χ3v) is 8.07. The summed E-state index contributed by atoms with van der Waals surface area (Å²) in [5.74, 6) is 1.81. The first-order chi connectivity index (χ1) is 19.3. The van der Waals surface area contributed by atoms with Crippen LogP contribution in [0.3, 0.4) is 0 Å². The Kier molecular flexibility index (Phi) is 13.3. The van der Waals surface area contributed by atoms with Gasteiger partial charge in [-0.1, -0.05) is 84.2 Å². The third kappa shape index (κ3) is 9.81. The summed E-state index contributed by atoms with van der Waals surface area (Å²) in [5.41, 5.74) is 3.20. The Hall–Kier alpha value is -2.58. The molecule has 2 aromatic heterocycles. The highest BCUT2D eigenvalue weighted by molar-refractivity contribution is 6.34. The summed E-state index contributed by atoms with van der Waals surface area (Å²) in [7, 11) is 0. The average Bonchev–Trinajstić information content (AvgIpc) is 3.46. The fraction of sp³-hybridized carbons (Fsp3) is 0.645. The summed E-state index contributed by atoms with van der Waals surface area (Å²) in [6, 6.07) is 7.74. The Morgan fingerprint density at radius 1 is 1.00 bits per heavy atom. The van der Waals surface area contributed by atoms with Gasteiger partial charge in [-0.15, -0.1) is 5.10 Å². The molecule has 3 aromatic rings. The van der Waals surface area contributed by atoms with Gasteiger partial charge in [0.25, 0.3) is 0 Å². The summed E-state index contributed by atoms with van der Waals surface area (Å²) in [6.45, 7) is 11.1. The first kappa shape index (κ1) is 31.9. The molecule has 0 aliphatic carbocycles. The number of esters is 1. The van der Waals surface area contributed by atoms with Crippen LogP contribution in [0.15, 0.2) is 24.3 Å². The number of hydrogen-bond acceptors (Lipinski definition) is 6. The molecule has 0 saturated carbocycles. The van der Waals surface area contributed by atoms with Crippen molar-refractivity contribution in [3.63, 3.8) is 0 Å². The number of nitrogens with zero attached hydrogens (tertiary/aromatic N) is 3. The van der Waals surface area contributed by atoms with Crippen molar-refractivity contribution in [2.45, 2.75) is 98.8 Å². The second kappa shape index (κ2) is 16.6. The van der Waals surface area contributed by atoms with E-state index in [-0.39, 0.29) is 25.4 Å². The van der Waals surface area contributed by atoms with Crippen molar-refractivity contribution in [3.8, 4) is 11.4 Å². The van der Waals surface area contributed by atoms with Gasteiger partial charge in [-0.3, -0.25) is 9.89 Å². The molecule has 0 fully saturated rings. The van der Waals surface area contributed by atoms with Crippen LogP contribution in [0.25, 0.3) is 17.0 Å². The normalized spacial score (nSPS) is 13.8. The Morgan fingerprint density at radius 3 is 2.35 bits per heavy atom. The minimum atomic E-state index is -0.131. The maximum atomic E-state index is 12.9. The molecular weight excluding hydrogens is 526 g/mol. The van der Waals surface area contributed by atoms with Crippen LogP contribution < -0.4 is 5.32 Å². The summed E-state index contributed by atoms with van der Waals surface area (Å²) in [6.07, 6.45) is 11.2. The number of hydrogen-bond donors (Lipinski definition) is 2. The standard InChI is InChI=1S/C31H48ClN5O3/c1-6-10-22(3)12-8-9-13-26(15-14-23(4)11-7-2)31(38)40-21-39-20-33-27-18-16-25(17-19-27)29-34-30-28(32)24(5)35-37(30)36-29/h16-19,22-23,26,33,35H,6-15,20-21H2,1-5H3. The van der Waals surface area contributed by atoms with E-state index in [9.17, 15) is 4.79 Å². The summed E-state index contributed by atoms with van der Waals surface area (Å²) in [5, 5.41) is 11.3. The van der Waals surface area contributed by atoms with Gasteiger partial charge >= 0.3 is 5.97 Å². The third-order valence-electron chi connectivity index (χ3n) is 7.62. The smallest absolute Gasteiger partial charge is 0.311 e. The van der Waals surface area contributed by atoms with Crippen molar-refractivity contribution in [1.29, 1.82) is 0 Å². The lowest BCUT2D eigenvalue weighted by molar-refractivity contribution is -0.161. The second-order valence-corrected chi connectivity index (χ2v) is 11.6. The van der Waals surface area contributed by atoms with E-state index < -0.39 is 0 Å². The summed E-state index contributed by atoms with van der Waals surface area (Å²) in [4.78, 5) is 17.4. The number of unbranched alkanes of at least 4 members (excludes halogenated alkanes) is 1. The molecule has 3 atom stereocenters. The predicted molar refractivity (Wildman–Crippen MR) is 162 cm³/mol. The fourth-order valence-electron chi connectivity index (χ4n) is 5.18.